The van der Waals surface area contributed by atoms with Crippen LogP contribution in [0.4, 0.5) is 0 Å². The largest absolute Gasteiger partial charge is 0.377 e. The van der Waals surface area contributed by atoms with E-state index in [9.17, 15) is 0 Å². The molecule has 0 radical (unpaired) electrons. The Bertz CT molecular complexity index is 298. The third kappa shape index (κ3) is 2.37. The molecule has 0 amide bonds. The Morgan fingerprint density at radius 1 is 1.57 bits per heavy atom. The molecule has 0 saturated heterocycles. The van der Waals surface area contributed by atoms with E-state index in [1.807, 2.05) is 7.05 Å². The molecule has 0 aliphatic heterocycles. The molecule has 0 saturated carbocycles. The highest BCUT2D eigenvalue weighted by molar-refractivity contribution is 9.10. The van der Waals surface area contributed by atoms with Gasteiger partial charge in [-0.05, 0) is 48.3 Å². The summed E-state index contributed by atoms with van der Waals surface area (Å²) in [5.41, 5.74) is -0.206. The molecule has 0 bridgehead atoms. The Balaban J connectivity index is 2.99. The lowest BCUT2D eigenvalue weighted by molar-refractivity contribution is -0.00818. The van der Waals surface area contributed by atoms with Crippen LogP contribution in [-0.2, 0) is 4.74 Å². The van der Waals surface area contributed by atoms with Crippen LogP contribution >= 0.6 is 27.3 Å². The SMILES string of the molecule is CNC(c1sccc1Br)C(C)(C)OC. The number of nitrogens with one attached hydrogen (secondary N) is 1. The fourth-order valence-electron chi connectivity index (χ4n) is 1.42. The molecule has 0 fully saturated rings. The van der Waals surface area contributed by atoms with E-state index in [2.05, 4.69) is 46.5 Å². The summed E-state index contributed by atoms with van der Waals surface area (Å²) in [6.07, 6.45) is 0. The molecule has 14 heavy (non-hydrogen) atoms. The molecule has 4 heteroatoms. The average molecular weight is 278 g/mol. The number of ether oxygens (including phenoxy) is 1. The summed E-state index contributed by atoms with van der Waals surface area (Å²) >= 11 is 5.28. The second kappa shape index (κ2) is 4.75. The Morgan fingerprint density at radius 2 is 2.21 bits per heavy atom. The van der Waals surface area contributed by atoms with E-state index in [1.54, 1.807) is 18.4 Å². The van der Waals surface area contributed by atoms with Gasteiger partial charge in [0.05, 0.1) is 11.6 Å². The van der Waals surface area contributed by atoms with Crippen molar-refractivity contribution in [3.63, 3.8) is 0 Å². The van der Waals surface area contributed by atoms with E-state index in [0.29, 0.717) is 0 Å². The zero-order chi connectivity index (χ0) is 10.8. The predicted molar refractivity (Wildman–Crippen MR) is 64.9 cm³/mol. The van der Waals surface area contributed by atoms with E-state index >= 15 is 0 Å². The molecule has 1 aromatic rings. The maximum absolute atomic E-state index is 5.49. The molecular weight excluding hydrogens is 262 g/mol. The molecule has 1 heterocycles. The number of likely N-dealkylation sites (N-methyl/N-ethyl adjacent to an activating group) is 1. The number of thiophene rings is 1. The zero-order valence-electron chi connectivity index (χ0n) is 8.93. The highest BCUT2D eigenvalue weighted by Gasteiger charge is 2.31. The Kier molecular flexibility index (Phi) is 4.13. The van der Waals surface area contributed by atoms with E-state index in [1.165, 1.54) is 4.88 Å². The van der Waals surface area contributed by atoms with Crippen LogP contribution in [0.3, 0.4) is 0 Å². The van der Waals surface area contributed by atoms with Gasteiger partial charge in [0, 0.05) is 16.5 Å². The number of hydrogen-bond acceptors (Lipinski definition) is 3. The molecule has 0 aromatic carbocycles. The van der Waals surface area contributed by atoms with Gasteiger partial charge in [-0.2, -0.15) is 0 Å². The van der Waals surface area contributed by atoms with Crippen LogP contribution in [0, 0.1) is 0 Å². The van der Waals surface area contributed by atoms with Crippen molar-refractivity contribution in [1.29, 1.82) is 0 Å². The summed E-state index contributed by atoms with van der Waals surface area (Å²) in [4.78, 5) is 1.28. The third-order valence-corrected chi connectivity index (χ3v) is 4.35. The first kappa shape index (κ1) is 12.2. The second-order valence-corrected chi connectivity index (χ2v) is 5.46. The van der Waals surface area contributed by atoms with E-state index in [-0.39, 0.29) is 11.6 Å². The molecule has 1 rings (SSSR count). The molecule has 80 valence electrons. The zero-order valence-corrected chi connectivity index (χ0v) is 11.3. The van der Waals surface area contributed by atoms with Crippen molar-refractivity contribution < 1.29 is 4.74 Å². The molecule has 1 unspecified atom stereocenters. The van der Waals surface area contributed by atoms with Crippen molar-refractivity contribution in [3.8, 4) is 0 Å². The lowest BCUT2D eigenvalue weighted by Crippen LogP contribution is -2.38. The summed E-state index contributed by atoms with van der Waals surface area (Å²) in [6, 6.07) is 2.28. The quantitative estimate of drug-likeness (QED) is 0.913. The number of halogens is 1. The van der Waals surface area contributed by atoms with Gasteiger partial charge in [-0.15, -0.1) is 11.3 Å². The topological polar surface area (TPSA) is 21.3 Å². The van der Waals surface area contributed by atoms with Gasteiger partial charge < -0.3 is 10.1 Å². The van der Waals surface area contributed by atoms with E-state index in [4.69, 9.17) is 4.74 Å². The minimum absolute atomic E-state index is 0.206. The first-order valence-corrected chi connectivity index (χ1v) is 6.15. The van der Waals surface area contributed by atoms with Crippen LogP contribution < -0.4 is 5.32 Å². The van der Waals surface area contributed by atoms with Gasteiger partial charge in [-0.3, -0.25) is 0 Å². The fourth-order valence-corrected chi connectivity index (χ4v) is 3.31. The van der Waals surface area contributed by atoms with Gasteiger partial charge in [0.25, 0.3) is 0 Å². The minimum Gasteiger partial charge on any atom is -0.377 e. The fraction of sp³-hybridized carbons (Fsp3) is 0.600. The highest BCUT2D eigenvalue weighted by Crippen LogP contribution is 2.36. The van der Waals surface area contributed by atoms with Gasteiger partial charge >= 0.3 is 0 Å². The maximum Gasteiger partial charge on any atom is 0.0824 e. The summed E-state index contributed by atoms with van der Waals surface area (Å²) in [7, 11) is 3.70. The maximum atomic E-state index is 5.49. The van der Waals surface area contributed by atoms with Crippen LogP contribution in [-0.4, -0.2) is 19.8 Å². The van der Waals surface area contributed by atoms with Crippen molar-refractivity contribution in [1.82, 2.24) is 5.32 Å². The standard InChI is InChI=1S/C10H16BrNOS/c1-10(2,13-4)9(12-3)8-7(11)5-6-14-8/h5-6,9,12H,1-4H3. The van der Waals surface area contributed by atoms with Crippen LogP contribution in [0.5, 0.6) is 0 Å². The van der Waals surface area contributed by atoms with Gasteiger partial charge in [0.15, 0.2) is 0 Å². The Hall–Kier alpha value is 0.1000. The van der Waals surface area contributed by atoms with E-state index in [0.717, 1.165) is 4.47 Å². The van der Waals surface area contributed by atoms with Crippen LogP contribution in [0.2, 0.25) is 0 Å². The van der Waals surface area contributed by atoms with Crippen molar-refractivity contribution in [2.75, 3.05) is 14.2 Å². The molecule has 2 nitrogen and oxygen atoms in total. The molecule has 1 atom stereocenters. The molecule has 1 N–H and O–H groups in total. The average Bonchev–Trinajstić information content (AvgIpc) is 2.53. The molecule has 0 aliphatic carbocycles. The van der Waals surface area contributed by atoms with Crippen LogP contribution in [0.25, 0.3) is 0 Å². The summed E-state index contributed by atoms with van der Waals surface area (Å²) < 4.78 is 6.64. The lowest BCUT2D eigenvalue weighted by atomic mass is 9.97. The van der Waals surface area contributed by atoms with Crippen LogP contribution in [0.15, 0.2) is 15.9 Å². The third-order valence-electron chi connectivity index (χ3n) is 2.42. The van der Waals surface area contributed by atoms with Gasteiger partial charge in [-0.25, -0.2) is 0 Å². The molecule has 0 spiro atoms. The Labute approximate surface area is 97.8 Å². The summed E-state index contributed by atoms with van der Waals surface area (Å²) in [6.45, 7) is 4.17. The van der Waals surface area contributed by atoms with E-state index < -0.39 is 0 Å². The monoisotopic (exact) mass is 277 g/mol. The van der Waals surface area contributed by atoms with Gasteiger partial charge in [0.1, 0.15) is 0 Å². The first-order valence-electron chi connectivity index (χ1n) is 4.48. The highest BCUT2D eigenvalue weighted by atomic mass is 79.9. The van der Waals surface area contributed by atoms with Crippen molar-refractivity contribution >= 4 is 27.3 Å². The number of methoxy groups -OCH3 is 1. The number of rotatable bonds is 4. The van der Waals surface area contributed by atoms with Crippen molar-refractivity contribution in [3.05, 3.63) is 20.8 Å². The smallest absolute Gasteiger partial charge is 0.0824 e. The molecule has 1 aromatic heterocycles. The Morgan fingerprint density at radius 3 is 2.57 bits per heavy atom. The first-order chi connectivity index (χ1) is 6.53. The number of hydrogen-bond donors (Lipinski definition) is 1. The van der Waals surface area contributed by atoms with Crippen LogP contribution in [0.1, 0.15) is 24.8 Å². The molecular formula is C10H16BrNOS. The molecule has 0 aliphatic rings. The minimum atomic E-state index is -0.206. The van der Waals surface area contributed by atoms with Crippen molar-refractivity contribution in [2.24, 2.45) is 0 Å². The predicted octanol–water partition coefficient (Wildman–Crippen LogP) is 3.20. The van der Waals surface area contributed by atoms with Crippen molar-refractivity contribution in [2.45, 2.75) is 25.5 Å². The second-order valence-electron chi connectivity index (χ2n) is 3.66. The van der Waals surface area contributed by atoms with Gasteiger partial charge in [0.2, 0.25) is 0 Å². The summed E-state index contributed by atoms with van der Waals surface area (Å²) in [5, 5.41) is 5.37. The summed E-state index contributed by atoms with van der Waals surface area (Å²) in [5.74, 6) is 0. The van der Waals surface area contributed by atoms with Gasteiger partial charge in [-0.1, -0.05) is 0 Å². The normalized spacial score (nSPS) is 14.4. The lowest BCUT2D eigenvalue weighted by Gasteiger charge is -2.32.